The fourth-order valence-corrected chi connectivity index (χ4v) is 3.07. The van der Waals surface area contributed by atoms with Gasteiger partial charge in [0.2, 0.25) is 0 Å². The smallest absolute Gasteiger partial charge is 0.253 e. The molecule has 6 heteroatoms. The molecule has 4 rings (SSSR count). The van der Waals surface area contributed by atoms with E-state index in [1.165, 1.54) is 0 Å². The average Bonchev–Trinajstić information content (AvgIpc) is 3.11. The van der Waals surface area contributed by atoms with Gasteiger partial charge in [-0.25, -0.2) is 4.68 Å². The fourth-order valence-electron chi connectivity index (χ4n) is 2.81. The predicted molar refractivity (Wildman–Crippen MR) is 104 cm³/mol. The number of fused-ring (bicyclic) bond motifs is 1. The SMILES string of the molecule is O=C(N[C@H](c1ccccc1)n1nnc2ccccc21)c1ccc(Br)cc1. The lowest BCUT2D eigenvalue weighted by Gasteiger charge is -2.20. The predicted octanol–water partition coefficient (Wildman–Crippen LogP) is 4.17. The van der Waals surface area contributed by atoms with Crippen LogP contribution in [0, 0.1) is 0 Å². The highest BCUT2D eigenvalue weighted by molar-refractivity contribution is 9.10. The van der Waals surface area contributed by atoms with Crippen LogP contribution in [0.15, 0.2) is 83.3 Å². The van der Waals surface area contributed by atoms with Gasteiger partial charge in [0.1, 0.15) is 5.52 Å². The molecule has 4 aromatic rings. The monoisotopic (exact) mass is 406 g/mol. The zero-order valence-electron chi connectivity index (χ0n) is 13.7. The summed E-state index contributed by atoms with van der Waals surface area (Å²) in [5.41, 5.74) is 3.15. The first kappa shape index (κ1) is 16.5. The summed E-state index contributed by atoms with van der Waals surface area (Å²) in [4.78, 5) is 12.8. The van der Waals surface area contributed by atoms with Crippen LogP contribution >= 0.6 is 15.9 Å². The number of aromatic nitrogens is 3. The van der Waals surface area contributed by atoms with Crippen molar-refractivity contribution in [2.45, 2.75) is 6.17 Å². The van der Waals surface area contributed by atoms with E-state index in [4.69, 9.17) is 0 Å². The van der Waals surface area contributed by atoms with Crippen LogP contribution in [0.5, 0.6) is 0 Å². The van der Waals surface area contributed by atoms with Crippen LogP contribution in [0.3, 0.4) is 0 Å². The second-order valence-corrected chi connectivity index (χ2v) is 6.73. The number of hydrogen-bond donors (Lipinski definition) is 1. The molecule has 0 radical (unpaired) electrons. The quantitative estimate of drug-likeness (QED) is 0.553. The Morgan fingerprint density at radius 2 is 1.62 bits per heavy atom. The normalized spacial score (nSPS) is 12.0. The Balaban J connectivity index is 1.74. The van der Waals surface area contributed by atoms with E-state index in [2.05, 4.69) is 31.6 Å². The molecule has 0 bridgehead atoms. The van der Waals surface area contributed by atoms with Gasteiger partial charge in [-0.1, -0.05) is 63.6 Å². The van der Waals surface area contributed by atoms with Gasteiger partial charge in [0.25, 0.3) is 5.91 Å². The third-order valence-electron chi connectivity index (χ3n) is 4.11. The van der Waals surface area contributed by atoms with Gasteiger partial charge in [-0.3, -0.25) is 4.79 Å². The van der Waals surface area contributed by atoms with Crippen LogP contribution in [0.2, 0.25) is 0 Å². The Labute approximate surface area is 158 Å². The minimum atomic E-state index is -0.459. The number of halogens is 1. The highest BCUT2D eigenvalue weighted by Crippen LogP contribution is 2.21. The van der Waals surface area contributed by atoms with Crippen molar-refractivity contribution in [3.63, 3.8) is 0 Å². The molecule has 1 aromatic heterocycles. The van der Waals surface area contributed by atoms with E-state index in [1.54, 1.807) is 16.8 Å². The third-order valence-corrected chi connectivity index (χ3v) is 4.64. The molecule has 0 spiro atoms. The molecule has 128 valence electrons. The topological polar surface area (TPSA) is 59.8 Å². The van der Waals surface area contributed by atoms with Crippen molar-refractivity contribution in [3.05, 3.63) is 94.5 Å². The summed E-state index contributed by atoms with van der Waals surface area (Å²) in [6.45, 7) is 0. The molecule has 26 heavy (non-hydrogen) atoms. The van der Waals surface area contributed by atoms with Gasteiger partial charge < -0.3 is 5.32 Å². The Morgan fingerprint density at radius 3 is 2.38 bits per heavy atom. The Hall–Kier alpha value is -2.99. The standard InChI is InChI=1S/C20H15BrN4O/c21-16-12-10-15(11-13-16)20(26)22-19(14-6-2-1-3-7-14)25-18-9-5-4-8-17(18)23-24-25/h1-13,19H,(H,22,26)/t19-/m0/s1. The lowest BCUT2D eigenvalue weighted by Crippen LogP contribution is -2.33. The maximum Gasteiger partial charge on any atom is 0.253 e. The molecule has 0 unspecified atom stereocenters. The minimum Gasteiger partial charge on any atom is -0.326 e. The molecule has 5 nitrogen and oxygen atoms in total. The molecule has 0 fully saturated rings. The lowest BCUT2D eigenvalue weighted by molar-refractivity contribution is 0.0927. The largest absolute Gasteiger partial charge is 0.326 e. The second-order valence-electron chi connectivity index (χ2n) is 5.82. The molecule has 0 aliphatic carbocycles. The Kier molecular flexibility index (Phi) is 4.50. The molecule has 1 N–H and O–H groups in total. The number of benzene rings is 3. The first-order chi connectivity index (χ1) is 12.7. The summed E-state index contributed by atoms with van der Waals surface area (Å²) >= 11 is 3.39. The number of carbonyl (C=O) groups is 1. The molecule has 1 atom stereocenters. The van der Waals surface area contributed by atoms with Gasteiger partial charge in [-0.15, -0.1) is 5.10 Å². The summed E-state index contributed by atoms with van der Waals surface area (Å²) in [6, 6.07) is 24.7. The van der Waals surface area contributed by atoms with E-state index in [9.17, 15) is 4.79 Å². The summed E-state index contributed by atoms with van der Waals surface area (Å²) < 4.78 is 2.66. The molecule has 0 saturated carbocycles. The van der Waals surface area contributed by atoms with E-state index in [1.807, 2.05) is 66.7 Å². The molecule has 1 heterocycles. The fraction of sp³-hybridized carbons (Fsp3) is 0.0500. The summed E-state index contributed by atoms with van der Waals surface area (Å²) in [5.74, 6) is -0.175. The van der Waals surface area contributed by atoms with E-state index in [0.29, 0.717) is 5.56 Å². The molecule has 0 saturated heterocycles. The average molecular weight is 407 g/mol. The third kappa shape index (κ3) is 3.23. The number of carbonyl (C=O) groups excluding carboxylic acids is 1. The van der Waals surface area contributed by atoms with E-state index < -0.39 is 6.17 Å². The van der Waals surface area contributed by atoms with Gasteiger partial charge in [-0.2, -0.15) is 0 Å². The highest BCUT2D eigenvalue weighted by atomic mass is 79.9. The van der Waals surface area contributed by atoms with Gasteiger partial charge in [0.05, 0.1) is 5.52 Å². The van der Waals surface area contributed by atoms with E-state index in [0.717, 1.165) is 21.1 Å². The van der Waals surface area contributed by atoms with Crippen LogP contribution in [0.25, 0.3) is 11.0 Å². The first-order valence-electron chi connectivity index (χ1n) is 8.14. The molecular weight excluding hydrogens is 392 g/mol. The van der Waals surface area contributed by atoms with Crippen LogP contribution in [0.4, 0.5) is 0 Å². The molecule has 1 amide bonds. The molecular formula is C20H15BrN4O. The van der Waals surface area contributed by atoms with Crippen molar-refractivity contribution in [2.75, 3.05) is 0 Å². The van der Waals surface area contributed by atoms with Crippen molar-refractivity contribution >= 4 is 32.9 Å². The first-order valence-corrected chi connectivity index (χ1v) is 8.93. The zero-order chi connectivity index (χ0) is 17.9. The van der Waals surface area contributed by atoms with Gasteiger partial charge in [0.15, 0.2) is 6.17 Å². The summed E-state index contributed by atoms with van der Waals surface area (Å²) in [5, 5.41) is 11.6. The summed E-state index contributed by atoms with van der Waals surface area (Å²) in [6.07, 6.45) is -0.459. The maximum atomic E-state index is 12.8. The molecule has 3 aromatic carbocycles. The number of para-hydroxylation sites is 1. The van der Waals surface area contributed by atoms with E-state index in [-0.39, 0.29) is 5.91 Å². The van der Waals surface area contributed by atoms with Crippen molar-refractivity contribution < 1.29 is 4.79 Å². The van der Waals surface area contributed by atoms with Crippen molar-refractivity contribution in [1.82, 2.24) is 20.3 Å². The lowest BCUT2D eigenvalue weighted by atomic mass is 10.1. The second kappa shape index (κ2) is 7.09. The van der Waals surface area contributed by atoms with Crippen molar-refractivity contribution in [1.29, 1.82) is 0 Å². The highest BCUT2D eigenvalue weighted by Gasteiger charge is 2.20. The molecule has 0 aliphatic rings. The van der Waals surface area contributed by atoms with Gasteiger partial charge >= 0.3 is 0 Å². The molecule has 0 aliphatic heterocycles. The van der Waals surface area contributed by atoms with Crippen LogP contribution in [-0.2, 0) is 0 Å². The Bertz CT molecular complexity index is 1040. The van der Waals surface area contributed by atoms with Crippen LogP contribution in [0.1, 0.15) is 22.1 Å². The van der Waals surface area contributed by atoms with E-state index >= 15 is 0 Å². The number of hydrogen-bond acceptors (Lipinski definition) is 3. The number of amides is 1. The van der Waals surface area contributed by atoms with Gasteiger partial charge in [-0.05, 0) is 42.0 Å². The number of nitrogens with one attached hydrogen (secondary N) is 1. The van der Waals surface area contributed by atoms with Crippen molar-refractivity contribution in [3.8, 4) is 0 Å². The zero-order valence-corrected chi connectivity index (χ0v) is 15.3. The van der Waals surface area contributed by atoms with Crippen LogP contribution in [-0.4, -0.2) is 20.9 Å². The minimum absolute atomic E-state index is 0.175. The van der Waals surface area contributed by atoms with Crippen molar-refractivity contribution in [2.24, 2.45) is 0 Å². The Morgan fingerprint density at radius 1 is 0.923 bits per heavy atom. The summed E-state index contributed by atoms with van der Waals surface area (Å²) in [7, 11) is 0. The number of rotatable bonds is 4. The van der Waals surface area contributed by atoms with Crippen LogP contribution < -0.4 is 5.32 Å². The van der Waals surface area contributed by atoms with Gasteiger partial charge in [0, 0.05) is 10.0 Å². The number of nitrogens with zero attached hydrogens (tertiary/aromatic N) is 3. The maximum absolute atomic E-state index is 12.8.